The van der Waals surface area contributed by atoms with E-state index >= 15 is 0 Å². The van der Waals surface area contributed by atoms with Crippen LogP contribution in [0.15, 0.2) is 16.7 Å². The van der Waals surface area contributed by atoms with Crippen molar-refractivity contribution in [1.82, 2.24) is 15.5 Å². The fourth-order valence-electron chi connectivity index (χ4n) is 1.39. The molecule has 1 aromatic rings. The molecule has 1 saturated carbocycles. The summed E-state index contributed by atoms with van der Waals surface area (Å²) < 4.78 is 40.4. The Kier molecular flexibility index (Phi) is 4.26. The number of carbonyl (C=O) groups is 1. The number of aromatic nitrogens is 2. The van der Waals surface area contributed by atoms with E-state index in [4.69, 9.17) is 4.52 Å². The van der Waals surface area contributed by atoms with Crippen LogP contribution in [-0.4, -0.2) is 35.3 Å². The van der Waals surface area contributed by atoms with Crippen LogP contribution >= 0.6 is 0 Å². The third-order valence-corrected chi connectivity index (χ3v) is 2.50. The van der Waals surface area contributed by atoms with Gasteiger partial charge in [-0.05, 0) is 18.0 Å². The second kappa shape index (κ2) is 5.93. The van der Waals surface area contributed by atoms with Crippen molar-refractivity contribution in [1.29, 1.82) is 0 Å². The molecule has 1 aromatic heterocycles. The van der Waals surface area contributed by atoms with Gasteiger partial charge in [0.25, 0.3) is 5.95 Å². The largest absolute Gasteiger partial charge is 0.409 e. The highest BCUT2D eigenvalue weighted by Gasteiger charge is 2.29. The quantitative estimate of drug-likeness (QED) is 0.614. The van der Waals surface area contributed by atoms with Crippen LogP contribution < -0.4 is 10.6 Å². The predicted octanol–water partition coefficient (Wildman–Crippen LogP) is 1.59. The number of hydrogen-bond donors (Lipinski definition) is 2. The molecule has 1 amide bonds. The lowest BCUT2D eigenvalue weighted by molar-refractivity contribution is -0.117. The van der Waals surface area contributed by atoms with Crippen LogP contribution in [0.25, 0.3) is 0 Å². The van der Waals surface area contributed by atoms with Gasteiger partial charge in [0.1, 0.15) is 0 Å². The first-order chi connectivity index (χ1) is 9.44. The van der Waals surface area contributed by atoms with Crippen LogP contribution in [0.1, 0.15) is 24.7 Å². The number of allylic oxidation sites excluding steroid dienone is 1. The first kappa shape index (κ1) is 14.4. The molecule has 110 valence electrons. The molecule has 0 atom stereocenters. The highest BCUT2D eigenvalue weighted by Crippen LogP contribution is 2.39. The Hall–Kier alpha value is -2.06. The molecule has 0 saturated heterocycles. The van der Waals surface area contributed by atoms with Crippen molar-refractivity contribution >= 4 is 11.9 Å². The minimum atomic E-state index is -4.49. The maximum atomic E-state index is 11.8. The molecule has 0 bridgehead atoms. The molecule has 0 radical (unpaired) electrons. The van der Waals surface area contributed by atoms with Crippen LogP contribution in [-0.2, 0) is 4.79 Å². The van der Waals surface area contributed by atoms with Crippen molar-refractivity contribution in [3.8, 4) is 0 Å². The minimum Gasteiger partial charge on any atom is -0.351 e. The third kappa shape index (κ3) is 4.90. The van der Waals surface area contributed by atoms with Gasteiger partial charge in [-0.25, -0.2) is 0 Å². The lowest BCUT2D eigenvalue weighted by Crippen LogP contribution is -2.27. The van der Waals surface area contributed by atoms with Crippen LogP contribution in [0.2, 0.25) is 0 Å². The summed E-state index contributed by atoms with van der Waals surface area (Å²) in [6, 6.07) is 0. The number of nitrogens with zero attached hydrogens (tertiary/aromatic N) is 2. The molecule has 6 nitrogen and oxygen atoms in total. The Morgan fingerprint density at radius 3 is 2.80 bits per heavy atom. The lowest BCUT2D eigenvalue weighted by atomic mass is 10.4. The molecule has 9 heteroatoms. The second-order valence-electron chi connectivity index (χ2n) is 4.32. The van der Waals surface area contributed by atoms with E-state index in [1.54, 1.807) is 0 Å². The van der Waals surface area contributed by atoms with Crippen molar-refractivity contribution in [3.63, 3.8) is 0 Å². The minimum absolute atomic E-state index is 0.114. The molecule has 20 heavy (non-hydrogen) atoms. The highest BCUT2D eigenvalue weighted by molar-refractivity contribution is 5.87. The normalized spacial score (nSPS) is 15.6. The van der Waals surface area contributed by atoms with E-state index in [9.17, 15) is 18.0 Å². The van der Waals surface area contributed by atoms with Gasteiger partial charge in [0.05, 0.1) is 0 Å². The molecule has 0 unspecified atom stereocenters. The number of rotatable bonds is 6. The zero-order chi connectivity index (χ0) is 14.6. The first-order valence-corrected chi connectivity index (χ1v) is 6.05. The van der Waals surface area contributed by atoms with Crippen molar-refractivity contribution in [3.05, 3.63) is 18.0 Å². The van der Waals surface area contributed by atoms with E-state index in [2.05, 4.69) is 20.8 Å². The van der Waals surface area contributed by atoms with Gasteiger partial charge >= 0.3 is 6.18 Å². The summed E-state index contributed by atoms with van der Waals surface area (Å²) in [7, 11) is 0. The van der Waals surface area contributed by atoms with Crippen LogP contribution in [0.3, 0.4) is 0 Å². The Bertz CT molecular complexity index is 494. The summed E-state index contributed by atoms with van der Waals surface area (Å²) in [6.45, 7) is 0.434. The van der Waals surface area contributed by atoms with Gasteiger partial charge in [-0.1, -0.05) is 0 Å². The number of carbonyl (C=O) groups excluding carboxylic acids is 1. The zero-order valence-electron chi connectivity index (χ0n) is 10.4. The molecule has 2 rings (SSSR count). The molecule has 0 spiro atoms. The molecular formula is C11H13F3N4O2. The molecule has 1 aliphatic rings. The van der Waals surface area contributed by atoms with Crippen molar-refractivity contribution in [2.45, 2.75) is 24.9 Å². The molecule has 0 aromatic carbocycles. The highest BCUT2D eigenvalue weighted by atomic mass is 19.4. The third-order valence-electron chi connectivity index (χ3n) is 2.50. The molecule has 2 N–H and O–H groups in total. The van der Waals surface area contributed by atoms with E-state index in [0.717, 1.165) is 12.8 Å². The molecule has 1 fully saturated rings. The average molecular weight is 290 g/mol. The number of halogens is 3. The van der Waals surface area contributed by atoms with Crippen molar-refractivity contribution in [2.75, 3.05) is 18.4 Å². The SMILES string of the molecule is O=C(C=CC(F)(F)F)NCCNc1noc(C2CC2)n1. The number of alkyl halides is 3. The number of hydrogen-bond acceptors (Lipinski definition) is 5. The smallest absolute Gasteiger partial charge is 0.351 e. The van der Waals surface area contributed by atoms with Crippen LogP contribution in [0.5, 0.6) is 0 Å². The Labute approximate surface area is 112 Å². The lowest BCUT2D eigenvalue weighted by Gasteiger charge is -2.02. The topological polar surface area (TPSA) is 80.0 Å². The summed E-state index contributed by atoms with van der Waals surface area (Å²) in [5, 5.41) is 8.78. The van der Waals surface area contributed by atoms with Gasteiger partial charge in [-0.15, -0.1) is 0 Å². The van der Waals surface area contributed by atoms with E-state index in [-0.39, 0.29) is 19.2 Å². The molecule has 1 aliphatic carbocycles. The monoisotopic (exact) mass is 290 g/mol. The standard InChI is InChI=1S/C11H13F3N4O2/c12-11(13,14)4-3-8(19)15-5-6-16-10-17-9(20-18-10)7-1-2-7/h3-4,7H,1-2,5-6H2,(H,15,19)(H,16,18). The van der Waals surface area contributed by atoms with Crippen LogP contribution in [0, 0.1) is 0 Å². The molecule has 1 heterocycles. The fraction of sp³-hybridized carbons (Fsp3) is 0.545. The predicted molar refractivity (Wildman–Crippen MR) is 63.0 cm³/mol. The summed E-state index contributed by atoms with van der Waals surface area (Å²) in [5.41, 5.74) is 0. The van der Waals surface area contributed by atoms with Gasteiger partial charge in [0, 0.05) is 31.2 Å². The number of nitrogens with one attached hydrogen (secondary N) is 2. The van der Waals surface area contributed by atoms with E-state index < -0.39 is 12.1 Å². The Morgan fingerprint density at radius 1 is 1.40 bits per heavy atom. The second-order valence-corrected chi connectivity index (χ2v) is 4.32. The number of anilines is 1. The summed E-state index contributed by atoms with van der Waals surface area (Å²) >= 11 is 0. The van der Waals surface area contributed by atoms with Gasteiger partial charge in [-0.3, -0.25) is 4.79 Å². The molecular weight excluding hydrogens is 277 g/mol. The first-order valence-electron chi connectivity index (χ1n) is 6.05. The maximum absolute atomic E-state index is 11.8. The Morgan fingerprint density at radius 2 is 2.15 bits per heavy atom. The Balaban J connectivity index is 1.63. The van der Waals surface area contributed by atoms with Gasteiger partial charge in [0.2, 0.25) is 11.8 Å². The molecule has 0 aliphatic heterocycles. The van der Waals surface area contributed by atoms with Gasteiger partial charge < -0.3 is 15.2 Å². The number of amides is 1. The fourth-order valence-corrected chi connectivity index (χ4v) is 1.39. The van der Waals surface area contributed by atoms with Gasteiger partial charge in [-0.2, -0.15) is 18.2 Å². The summed E-state index contributed by atoms with van der Waals surface area (Å²) in [6.07, 6.45) is -2.07. The average Bonchev–Trinajstić information content (AvgIpc) is 3.11. The summed E-state index contributed by atoms with van der Waals surface area (Å²) in [5.74, 6) is 0.442. The van der Waals surface area contributed by atoms with E-state index in [0.29, 0.717) is 23.8 Å². The van der Waals surface area contributed by atoms with E-state index in [1.807, 2.05) is 0 Å². The van der Waals surface area contributed by atoms with Crippen molar-refractivity contribution in [2.24, 2.45) is 0 Å². The summed E-state index contributed by atoms with van der Waals surface area (Å²) in [4.78, 5) is 15.1. The zero-order valence-corrected chi connectivity index (χ0v) is 10.4. The maximum Gasteiger partial charge on any atom is 0.409 e. The van der Waals surface area contributed by atoms with E-state index in [1.165, 1.54) is 0 Å². The van der Waals surface area contributed by atoms with Crippen LogP contribution in [0.4, 0.5) is 19.1 Å². The van der Waals surface area contributed by atoms with Crippen molar-refractivity contribution < 1.29 is 22.5 Å². The van der Waals surface area contributed by atoms with Gasteiger partial charge in [0.15, 0.2) is 0 Å².